The fourth-order valence-corrected chi connectivity index (χ4v) is 1.96. The van der Waals surface area contributed by atoms with Crippen molar-refractivity contribution >= 4 is 11.8 Å². The molecule has 0 saturated carbocycles. The van der Waals surface area contributed by atoms with Crippen molar-refractivity contribution in [3.8, 4) is 6.07 Å². The highest BCUT2D eigenvalue weighted by atomic mass is 19.4. The monoisotopic (exact) mass is 291 g/mol. The molecule has 0 radical (unpaired) electrons. The van der Waals surface area contributed by atoms with Gasteiger partial charge in [0, 0.05) is 19.0 Å². The zero-order valence-electron chi connectivity index (χ0n) is 11.3. The number of carbonyl (C=O) groups is 2. The van der Waals surface area contributed by atoms with Crippen LogP contribution in [0.3, 0.4) is 0 Å². The molecule has 1 rings (SSSR count). The predicted octanol–water partition coefficient (Wildman–Crippen LogP) is 1.21. The number of amides is 2. The van der Waals surface area contributed by atoms with Crippen LogP contribution in [0.25, 0.3) is 0 Å². The van der Waals surface area contributed by atoms with Crippen LogP contribution < -0.4 is 5.32 Å². The van der Waals surface area contributed by atoms with Gasteiger partial charge < -0.3 is 10.2 Å². The number of carbonyl (C=O) groups excluding carboxylic acids is 2. The van der Waals surface area contributed by atoms with Crippen LogP contribution in [-0.2, 0) is 9.59 Å². The average Bonchev–Trinajstić information content (AvgIpc) is 2.36. The van der Waals surface area contributed by atoms with Crippen LogP contribution in [-0.4, -0.2) is 41.5 Å². The highest BCUT2D eigenvalue weighted by Crippen LogP contribution is 2.24. The van der Waals surface area contributed by atoms with E-state index in [0.717, 1.165) is 0 Å². The lowest BCUT2D eigenvalue weighted by atomic mass is 9.94. The lowest BCUT2D eigenvalue weighted by Crippen LogP contribution is -2.50. The summed E-state index contributed by atoms with van der Waals surface area (Å²) in [7, 11) is 0. The van der Waals surface area contributed by atoms with Gasteiger partial charge in [0.05, 0.1) is 6.07 Å². The second kappa shape index (κ2) is 5.69. The van der Waals surface area contributed by atoms with Gasteiger partial charge in [0.25, 0.3) is 0 Å². The molecule has 0 aromatic carbocycles. The molecular formula is C12H16F3N3O2. The van der Waals surface area contributed by atoms with Crippen LogP contribution in [0, 0.1) is 17.2 Å². The summed E-state index contributed by atoms with van der Waals surface area (Å²) in [6.07, 6.45) is -4.55. The highest BCUT2D eigenvalue weighted by molar-refractivity contribution is 5.83. The van der Waals surface area contributed by atoms with Gasteiger partial charge in [-0.25, -0.2) is 0 Å². The lowest BCUT2D eigenvalue weighted by Gasteiger charge is -2.32. The molecule has 0 spiro atoms. The Labute approximate surface area is 114 Å². The molecule has 1 N–H and O–H groups in total. The Morgan fingerprint density at radius 3 is 2.15 bits per heavy atom. The van der Waals surface area contributed by atoms with Crippen molar-refractivity contribution in [3.05, 3.63) is 0 Å². The Balaban J connectivity index is 2.53. The van der Waals surface area contributed by atoms with E-state index in [4.69, 9.17) is 5.26 Å². The Morgan fingerprint density at radius 1 is 1.25 bits per heavy atom. The zero-order valence-corrected chi connectivity index (χ0v) is 11.3. The molecule has 8 heteroatoms. The Hall–Kier alpha value is -1.78. The number of nitrogens with zero attached hydrogens (tertiary/aromatic N) is 2. The van der Waals surface area contributed by atoms with E-state index < -0.39 is 23.5 Å². The first-order valence-electron chi connectivity index (χ1n) is 6.16. The minimum atomic E-state index is -4.88. The van der Waals surface area contributed by atoms with Gasteiger partial charge in [0.2, 0.25) is 5.91 Å². The molecule has 1 aliphatic heterocycles. The van der Waals surface area contributed by atoms with E-state index in [1.807, 2.05) is 6.07 Å². The smallest absolute Gasteiger partial charge is 0.338 e. The molecule has 0 atom stereocenters. The van der Waals surface area contributed by atoms with Crippen LogP contribution in [0.4, 0.5) is 13.2 Å². The molecule has 0 aliphatic carbocycles. The Morgan fingerprint density at radius 2 is 1.75 bits per heavy atom. The maximum atomic E-state index is 12.3. The Kier molecular flexibility index (Phi) is 4.63. The third-order valence-corrected chi connectivity index (χ3v) is 3.11. The van der Waals surface area contributed by atoms with Crippen molar-refractivity contribution in [3.63, 3.8) is 0 Å². The number of rotatable bonds is 2. The number of nitriles is 1. The van der Waals surface area contributed by atoms with Crippen LogP contribution in [0.5, 0.6) is 0 Å². The molecule has 1 heterocycles. The molecule has 112 valence electrons. The number of likely N-dealkylation sites (tertiary alicyclic amines) is 1. The molecule has 0 unspecified atom stereocenters. The topological polar surface area (TPSA) is 73.2 Å². The molecule has 5 nitrogen and oxygen atoms in total. The first-order valence-corrected chi connectivity index (χ1v) is 6.16. The predicted molar refractivity (Wildman–Crippen MR) is 63.2 cm³/mol. The standard InChI is InChI=1S/C12H16F3N3O2/c1-11(2,7-16)17-9(19)8-3-5-18(6-4-8)10(20)12(13,14)15/h8H,3-6H2,1-2H3,(H,17,19). The molecule has 1 fully saturated rings. The second-order valence-corrected chi connectivity index (χ2v) is 5.29. The van der Waals surface area contributed by atoms with Gasteiger partial charge in [-0.15, -0.1) is 0 Å². The summed E-state index contributed by atoms with van der Waals surface area (Å²) in [5.74, 6) is -2.70. The molecule has 0 aromatic rings. The molecule has 1 saturated heterocycles. The quantitative estimate of drug-likeness (QED) is 0.831. The minimum absolute atomic E-state index is 0.108. The molecule has 20 heavy (non-hydrogen) atoms. The lowest BCUT2D eigenvalue weighted by molar-refractivity contribution is -0.186. The zero-order chi connectivity index (χ0) is 15.6. The van der Waals surface area contributed by atoms with Crippen molar-refractivity contribution in [2.75, 3.05) is 13.1 Å². The first kappa shape index (κ1) is 16.3. The summed E-state index contributed by atoms with van der Waals surface area (Å²) >= 11 is 0. The van der Waals surface area contributed by atoms with E-state index in [0.29, 0.717) is 4.90 Å². The van der Waals surface area contributed by atoms with Gasteiger partial charge in [0.15, 0.2) is 0 Å². The van der Waals surface area contributed by atoms with Crippen molar-refractivity contribution in [1.29, 1.82) is 5.26 Å². The number of hydrogen-bond donors (Lipinski definition) is 1. The fraction of sp³-hybridized carbons (Fsp3) is 0.750. The van der Waals surface area contributed by atoms with Crippen LogP contribution in [0.2, 0.25) is 0 Å². The second-order valence-electron chi connectivity index (χ2n) is 5.29. The van der Waals surface area contributed by atoms with Crippen molar-refractivity contribution < 1.29 is 22.8 Å². The van der Waals surface area contributed by atoms with Crippen molar-refractivity contribution in [1.82, 2.24) is 10.2 Å². The maximum absolute atomic E-state index is 12.3. The largest absolute Gasteiger partial charge is 0.471 e. The van der Waals surface area contributed by atoms with Gasteiger partial charge in [-0.1, -0.05) is 0 Å². The molecule has 0 bridgehead atoms. The highest BCUT2D eigenvalue weighted by Gasteiger charge is 2.43. The van der Waals surface area contributed by atoms with Crippen molar-refractivity contribution in [2.24, 2.45) is 5.92 Å². The van der Waals surface area contributed by atoms with Crippen LogP contribution in [0.15, 0.2) is 0 Å². The number of nitrogens with one attached hydrogen (secondary N) is 1. The number of halogens is 3. The third-order valence-electron chi connectivity index (χ3n) is 3.11. The van der Waals surface area contributed by atoms with Gasteiger partial charge in [0.1, 0.15) is 5.54 Å². The van der Waals surface area contributed by atoms with Crippen molar-refractivity contribution in [2.45, 2.75) is 38.4 Å². The number of piperidine rings is 1. The SMILES string of the molecule is CC(C)(C#N)NC(=O)C1CCN(C(=O)C(F)(F)F)CC1. The first-order chi connectivity index (χ1) is 9.07. The number of hydrogen-bond acceptors (Lipinski definition) is 3. The molecular weight excluding hydrogens is 275 g/mol. The van der Waals surface area contributed by atoms with Crippen LogP contribution in [0.1, 0.15) is 26.7 Å². The van der Waals surface area contributed by atoms with E-state index in [-0.39, 0.29) is 31.8 Å². The summed E-state index contributed by atoms with van der Waals surface area (Å²) in [4.78, 5) is 23.6. The Bertz CT molecular complexity index is 432. The van der Waals surface area contributed by atoms with Gasteiger partial charge >= 0.3 is 12.1 Å². The summed E-state index contributed by atoms with van der Waals surface area (Å²) < 4.78 is 36.8. The molecule has 2 amide bonds. The summed E-state index contributed by atoms with van der Waals surface area (Å²) in [6, 6.07) is 1.91. The van der Waals surface area contributed by atoms with E-state index in [1.165, 1.54) is 13.8 Å². The number of alkyl halides is 3. The van der Waals surface area contributed by atoms with E-state index in [2.05, 4.69) is 5.32 Å². The van der Waals surface area contributed by atoms with Gasteiger partial charge in [-0.05, 0) is 26.7 Å². The molecule has 0 aromatic heterocycles. The average molecular weight is 291 g/mol. The van der Waals surface area contributed by atoms with Crippen LogP contribution >= 0.6 is 0 Å². The summed E-state index contributed by atoms with van der Waals surface area (Å²) in [5.41, 5.74) is -1.02. The van der Waals surface area contributed by atoms with E-state index >= 15 is 0 Å². The minimum Gasteiger partial charge on any atom is -0.338 e. The third kappa shape index (κ3) is 4.11. The fourth-order valence-electron chi connectivity index (χ4n) is 1.96. The summed E-state index contributed by atoms with van der Waals surface area (Å²) in [5, 5.41) is 11.3. The maximum Gasteiger partial charge on any atom is 0.471 e. The van der Waals surface area contributed by atoms with Gasteiger partial charge in [-0.2, -0.15) is 18.4 Å². The normalized spacial score (nSPS) is 17.5. The summed E-state index contributed by atoms with van der Waals surface area (Å²) in [6.45, 7) is 2.85. The van der Waals surface area contributed by atoms with Gasteiger partial charge in [-0.3, -0.25) is 9.59 Å². The molecule has 1 aliphatic rings. The van der Waals surface area contributed by atoms with E-state index in [1.54, 1.807) is 0 Å². The van der Waals surface area contributed by atoms with E-state index in [9.17, 15) is 22.8 Å².